The van der Waals surface area contributed by atoms with Crippen LogP contribution in [0.4, 0.5) is 0 Å². The van der Waals surface area contributed by atoms with Gasteiger partial charge in [0.15, 0.2) is 0 Å². The Bertz CT molecular complexity index is 764. The van der Waals surface area contributed by atoms with Crippen LogP contribution in [0.2, 0.25) is 0 Å². The van der Waals surface area contributed by atoms with Gasteiger partial charge in [0.25, 0.3) is 0 Å². The fraction of sp³-hybridized carbons (Fsp3) is 0.391. The van der Waals surface area contributed by atoms with Crippen molar-refractivity contribution in [1.29, 1.82) is 0 Å². The summed E-state index contributed by atoms with van der Waals surface area (Å²) < 4.78 is 0. The highest BCUT2D eigenvalue weighted by molar-refractivity contribution is 7.98. The fourth-order valence-electron chi connectivity index (χ4n) is 3.16. The Morgan fingerprint density at radius 1 is 1.07 bits per heavy atom. The van der Waals surface area contributed by atoms with Crippen molar-refractivity contribution in [2.24, 2.45) is 0 Å². The lowest BCUT2D eigenvalue weighted by Crippen LogP contribution is -2.48. The second-order valence-corrected chi connectivity index (χ2v) is 7.94. The standard InChI is InChI=1S/C23H30N2O2S/c1-4-21(23(27)24-3)25(16-20-12-8-9-18(2)15-20)22(26)13-14-28-17-19-10-6-5-7-11-19/h5-12,15,21H,4,13-14,16-17H2,1-3H3,(H,24,27)/t21-/m0/s1. The molecule has 0 aliphatic carbocycles. The van der Waals surface area contributed by atoms with Crippen LogP contribution in [-0.4, -0.2) is 35.6 Å². The number of aryl methyl sites for hydroxylation is 1. The van der Waals surface area contributed by atoms with E-state index < -0.39 is 6.04 Å². The van der Waals surface area contributed by atoms with E-state index >= 15 is 0 Å². The van der Waals surface area contributed by atoms with Crippen molar-refractivity contribution >= 4 is 23.6 Å². The number of amides is 2. The SMILES string of the molecule is CC[C@@H](C(=O)NC)N(Cc1cccc(C)c1)C(=O)CCSCc1ccccc1. The topological polar surface area (TPSA) is 49.4 Å². The van der Waals surface area contributed by atoms with Crippen LogP contribution in [0, 0.1) is 6.92 Å². The van der Waals surface area contributed by atoms with E-state index in [0.29, 0.717) is 19.4 Å². The predicted octanol–water partition coefficient (Wildman–Crippen LogP) is 4.17. The molecule has 1 N–H and O–H groups in total. The molecule has 0 fully saturated rings. The third-order valence-electron chi connectivity index (χ3n) is 4.64. The Morgan fingerprint density at radius 3 is 2.43 bits per heavy atom. The van der Waals surface area contributed by atoms with Crippen LogP contribution < -0.4 is 5.32 Å². The minimum atomic E-state index is -0.447. The molecule has 28 heavy (non-hydrogen) atoms. The number of rotatable bonds is 10. The number of carbonyl (C=O) groups is 2. The van der Waals surface area contributed by atoms with Crippen LogP contribution in [0.1, 0.15) is 36.5 Å². The van der Waals surface area contributed by atoms with Gasteiger partial charge in [0.2, 0.25) is 11.8 Å². The Kier molecular flexibility index (Phi) is 9.08. The third kappa shape index (κ3) is 6.71. The quantitative estimate of drug-likeness (QED) is 0.611. The van der Waals surface area contributed by atoms with Crippen molar-refractivity contribution in [2.45, 2.75) is 45.0 Å². The molecule has 0 radical (unpaired) electrons. The molecule has 0 spiro atoms. The number of carbonyl (C=O) groups excluding carboxylic acids is 2. The van der Waals surface area contributed by atoms with E-state index in [0.717, 1.165) is 22.6 Å². The van der Waals surface area contributed by atoms with Crippen LogP contribution in [0.15, 0.2) is 54.6 Å². The molecule has 2 aromatic rings. The fourth-order valence-corrected chi connectivity index (χ4v) is 4.05. The molecule has 1 atom stereocenters. The molecule has 2 rings (SSSR count). The van der Waals surface area contributed by atoms with Crippen molar-refractivity contribution in [3.63, 3.8) is 0 Å². The van der Waals surface area contributed by atoms with E-state index in [4.69, 9.17) is 0 Å². The molecular weight excluding hydrogens is 368 g/mol. The van der Waals surface area contributed by atoms with Gasteiger partial charge in [0, 0.05) is 31.5 Å². The molecule has 0 heterocycles. The number of likely N-dealkylation sites (N-methyl/N-ethyl adjacent to an activating group) is 1. The van der Waals surface area contributed by atoms with Crippen molar-refractivity contribution in [1.82, 2.24) is 10.2 Å². The van der Waals surface area contributed by atoms with Gasteiger partial charge in [-0.2, -0.15) is 11.8 Å². The molecule has 4 nitrogen and oxygen atoms in total. The zero-order valence-corrected chi connectivity index (χ0v) is 17.8. The monoisotopic (exact) mass is 398 g/mol. The van der Waals surface area contributed by atoms with E-state index in [1.807, 2.05) is 50.2 Å². The summed E-state index contributed by atoms with van der Waals surface area (Å²) in [5.41, 5.74) is 3.46. The van der Waals surface area contributed by atoms with Gasteiger partial charge in [-0.15, -0.1) is 0 Å². The average molecular weight is 399 g/mol. The van der Waals surface area contributed by atoms with Gasteiger partial charge in [-0.05, 0) is 24.5 Å². The van der Waals surface area contributed by atoms with Gasteiger partial charge in [-0.1, -0.05) is 67.1 Å². The molecule has 0 unspecified atom stereocenters. The highest BCUT2D eigenvalue weighted by Crippen LogP contribution is 2.17. The minimum absolute atomic E-state index is 0.0255. The second-order valence-electron chi connectivity index (χ2n) is 6.84. The number of hydrogen-bond donors (Lipinski definition) is 1. The number of nitrogens with zero attached hydrogens (tertiary/aromatic N) is 1. The zero-order valence-electron chi connectivity index (χ0n) is 17.0. The summed E-state index contributed by atoms with van der Waals surface area (Å²) in [6, 6.07) is 17.9. The zero-order chi connectivity index (χ0) is 20.4. The van der Waals surface area contributed by atoms with Crippen LogP contribution in [0.5, 0.6) is 0 Å². The van der Waals surface area contributed by atoms with Gasteiger partial charge in [0.1, 0.15) is 6.04 Å². The van der Waals surface area contributed by atoms with Crippen molar-refractivity contribution in [2.75, 3.05) is 12.8 Å². The molecule has 0 saturated carbocycles. The maximum absolute atomic E-state index is 13.0. The van der Waals surface area contributed by atoms with E-state index in [1.54, 1.807) is 23.7 Å². The summed E-state index contributed by atoms with van der Waals surface area (Å²) in [4.78, 5) is 27.1. The number of thioether (sulfide) groups is 1. The summed E-state index contributed by atoms with van der Waals surface area (Å²) >= 11 is 1.75. The lowest BCUT2D eigenvalue weighted by molar-refractivity contribution is -0.140. The van der Waals surface area contributed by atoms with Crippen molar-refractivity contribution in [3.05, 3.63) is 71.3 Å². The summed E-state index contributed by atoms with van der Waals surface area (Å²) in [7, 11) is 1.62. The van der Waals surface area contributed by atoms with Crippen LogP contribution in [0.3, 0.4) is 0 Å². The number of hydrogen-bond acceptors (Lipinski definition) is 3. The first-order chi connectivity index (χ1) is 13.5. The molecular formula is C23H30N2O2S. The Labute approximate surface area is 172 Å². The number of benzene rings is 2. The van der Waals surface area contributed by atoms with Crippen LogP contribution in [-0.2, 0) is 21.9 Å². The maximum Gasteiger partial charge on any atom is 0.242 e. The molecule has 2 aromatic carbocycles. The maximum atomic E-state index is 13.0. The predicted molar refractivity (Wildman–Crippen MR) is 117 cm³/mol. The van der Waals surface area contributed by atoms with Gasteiger partial charge in [-0.3, -0.25) is 9.59 Å². The molecule has 150 valence electrons. The normalized spacial score (nSPS) is 11.7. The minimum Gasteiger partial charge on any atom is -0.357 e. The largest absolute Gasteiger partial charge is 0.357 e. The Morgan fingerprint density at radius 2 is 1.79 bits per heavy atom. The summed E-state index contributed by atoms with van der Waals surface area (Å²) in [5.74, 6) is 1.54. The van der Waals surface area contributed by atoms with E-state index in [9.17, 15) is 9.59 Å². The van der Waals surface area contributed by atoms with Crippen molar-refractivity contribution < 1.29 is 9.59 Å². The smallest absolute Gasteiger partial charge is 0.242 e. The molecule has 2 amide bonds. The number of nitrogens with one attached hydrogen (secondary N) is 1. The first-order valence-corrected chi connectivity index (χ1v) is 10.9. The first-order valence-electron chi connectivity index (χ1n) is 9.73. The molecule has 0 aromatic heterocycles. The van der Waals surface area contributed by atoms with E-state index in [-0.39, 0.29) is 11.8 Å². The van der Waals surface area contributed by atoms with Crippen LogP contribution >= 0.6 is 11.8 Å². The Balaban J connectivity index is 2.02. The van der Waals surface area contributed by atoms with Crippen LogP contribution in [0.25, 0.3) is 0 Å². The highest BCUT2D eigenvalue weighted by Gasteiger charge is 2.27. The summed E-state index contributed by atoms with van der Waals surface area (Å²) in [6.45, 7) is 4.43. The van der Waals surface area contributed by atoms with E-state index in [1.165, 1.54) is 5.56 Å². The summed E-state index contributed by atoms with van der Waals surface area (Å²) in [5, 5.41) is 2.70. The van der Waals surface area contributed by atoms with Gasteiger partial charge in [-0.25, -0.2) is 0 Å². The molecule has 0 bridgehead atoms. The summed E-state index contributed by atoms with van der Waals surface area (Å²) in [6.07, 6.45) is 1.02. The molecule has 0 aliphatic rings. The highest BCUT2D eigenvalue weighted by atomic mass is 32.2. The molecule has 0 saturated heterocycles. The lowest BCUT2D eigenvalue weighted by Gasteiger charge is -2.30. The second kappa shape index (κ2) is 11.5. The molecule has 5 heteroatoms. The van der Waals surface area contributed by atoms with E-state index in [2.05, 4.69) is 23.5 Å². The van der Waals surface area contributed by atoms with Gasteiger partial charge < -0.3 is 10.2 Å². The lowest BCUT2D eigenvalue weighted by atomic mass is 10.1. The Hall–Kier alpha value is -2.27. The first kappa shape index (κ1) is 22.0. The average Bonchev–Trinajstić information content (AvgIpc) is 2.71. The van der Waals surface area contributed by atoms with Gasteiger partial charge in [0.05, 0.1) is 0 Å². The van der Waals surface area contributed by atoms with Gasteiger partial charge >= 0.3 is 0 Å². The molecule has 0 aliphatic heterocycles. The third-order valence-corrected chi connectivity index (χ3v) is 5.67. The van der Waals surface area contributed by atoms with Crippen molar-refractivity contribution in [3.8, 4) is 0 Å².